The van der Waals surface area contributed by atoms with Crippen molar-refractivity contribution in [3.63, 3.8) is 0 Å². The number of nitrogen functional groups attached to an aromatic ring is 1. The molecule has 2 aliphatic rings. The molecule has 0 aromatic carbocycles. The van der Waals surface area contributed by atoms with Crippen molar-refractivity contribution in [2.24, 2.45) is 11.8 Å². The van der Waals surface area contributed by atoms with Crippen molar-refractivity contribution in [3.8, 4) is 0 Å². The van der Waals surface area contributed by atoms with Crippen LogP contribution in [0.1, 0.15) is 40.8 Å². The van der Waals surface area contributed by atoms with E-state index < -0.39 is 37.1 Å². The van der Waals surface area contributed by atoms with Crippen LogP contribution in [-0.2, 0) is 27.9 Å². The molecule has 6 atom stereocenters. The van der Waals surface area contributed by atoms with Crippen molar-refractivity contribution in [2.75, 3.05) is 18.9 Å². The topological polar surface area (TPSA) is 153 Å². The van der Waals surface area contributed by atoms with Crippen molar-refractivity contribution in [1.29, 1.82) is 0 Å². The quantitative estimate of drug-likeness (QED) is 0.317. The average molecular weight is 517 g/mol. The Kier molecular flexibility index (Phi) is 6.93. The van der Waals surface area contributed by atoms with Crippen LogP contribution >= 0.6 is 19.3 Å². The smallest absolute Gasteiger partial charge is 0.406 e. The molecule has 0 amide bonds. The van der Waals surface area contributed by atoms with Gasteiger partial charge in [0.2, 0.25) is 0 Å². The normalized spacial score (nSPS) is 32.3. The zero-order chi connectivity index (χ0) is 24.8. The number of aromatic nitrogens is 4. The number of anilines is 1. The Bertz CT molecular complexity index is 1110. The van der Waals surface area contributed by atoms with Crippen molar-refractivity contribution < 1.29 is 27.9 Å². The average Bonchev–Trinajstić information content (AvgIpc) is 3.30. The Balaban J connectivity index is 1.52. The first-order valence-electron chi connectivity index (χ1n) is 11.1. The van der Waals surface area contributed by atoms with Crippen LogP contribution in [0.25, 0.3) is 11.2 Å². The van der Waals surface area contributed by atoms with Gasteiger partial charge in [0.15, 0.2) is 17.7 Å². The van der Waals surface area contributed by atoms with Gasteiger partial charge in [-0.3, -0.25) is 18.4 Å². The summed E-state index contributed by atoms with van der Waals surface area (Å²) >= 11 is 6.96. The number of esters is 1. The summed E-state index contributed by atoms with van der Waals surface area (Å²) in [6.07, 6.45) is 0.762. The maximum atomic E-state index is 13.5. The molecule has 34 heavy (non-hydrogen) atoms. The van der Waals surface area contributed by atoms with Gasteiger partial charge in [-0.2, -0.15) is 0 Å². The molecule has 14 heteroatoms. The Morgan fingerprint density at radius 1 is 1.38 bits per heavy atom. The summed E-state index contributed by atoms with van der Waals surface area (Å²) in [5.74, 6) is -0.389. The van der Waals surface area contributed by atoms with Gasteiger partial charge >= 0.3 is 13.7 Å². The molecular formula is C20H30ClN6O6P. The van der Waals surface area contributed by atoms with Crippen LogP contribution in [0.15, 0.2) is 12.7 Å². The number of carbonyl (C=O) groups is 1. The summed E-state index contributed by atoms with van der Waals surface area (Å²) in [5, 5.41) is 2.93. The molecule has 2 aromatic heterocycles. The van der Waals surface area contributed by atoms with Crippen LogP contribution in [-0.4, -0.2) is 61.8 Å². The second-order valence-corrected chi connectivity index (χ2v) is 11.9. The van der Waals surface area contributed by atoms with Crippen LogP contribution in [0.2, 0.25) is 0 Å². The number of nitrogens with one attached hydrogen (secondary N) is 1. The van der Waals surface area contributed by atoms with E-state index in [0.717, 1.165) is 0 Å². The van der Waals surface area contributed by atoms with Gasteiger partial charge in [0.1, 0.15) is 35.5 Å². The summed E-state index contributed by atoms with van der Waals surface area (Å²) in [4.78, 5) is 23.2. The van der Waals surface area contributed by atoms with E-state index >= 15 is 0 Å². The molecule has 0 spiro atoms. The molecule has 2 aliphatic heterocycles. The molecule has 2 aromatic rings. The Hall–Kier alpha value is -1.82. The highest BCUT2D eigenvalue weighted by atomic mass is 35.5. The molecule has 0 saturated carbocycles. The molecule has 188 valence electrons. The third-order valence-electron chi connectivity index (χ3n) is 5.99. The summed E-state index contributed by atoms with van der Waals surface area (Å²) in [6.45, 7) is 9.08. The second kappa shape index (κ2) is 9.33. The van der Waals surface area contributed by atoms with E-state index in [9.17, 15) is 9.36 Å². The highest BCUT2D eigenvalue weighted by molar-refractivity contribution is 7.51. The minimum absolute atomic E-state index is 0.00585. The van der Waals surface area contributed by atoms with Crippen molar-refractivity contribution >= 4 is 42.3 Å². The number of rotatable bonds is 7. The molecule has 12 nitrogen and oxygen atoms in total. The van der Waals surface area contributed by atoms with Crippen molar-refractivity contribution in [2.45, 2.75) is 64.0 Å². The van der Waals surface area contributed by atoms with E-state index in [0.29, 0.717) is 11.2 Å². The number of nitrogens with two attached hydrogens (primary N) is 1. The Labute approximate surface area is 202 Å². The maximum Gasteiger partial charge on any atom is 0.406 e. The lowest BCUT2D eigenvalue weighted by atomic mass is 10.0. The molecule has 0 bridgehead atoms. The van der Waals surface area contributed by atoms with E-state index in [4.69, 9.17) is 35.9 Å². The standard InChI is InChI=1S/C20H30ClN6O6P/c1-10(2)12(6-30-18(28)11(3)4)26-34(29)31-7-13-15(33-34)20(5,21)19(32-13)27-9-25-14-16(22)23-8-24-17(14)27/h8-13,15,19H,6-7H2,1-5H3,(H,26,29)(H2,22,23,24)/t12-,13+,15+,19+,20+,34-/m0/s1. The number of ether oxygens (including phenoxy) is 2. The molecule has 3 N–H and O–H groups in total. The zero-order valence-electron chi connectivity index (χ0n) is 19.7. The molecule has 0 aliphatic carbocycles. The predicted octanol–water partition coefficient (Wildman–Crippen LogP) is 2.64. The first-order valence-corrected chi connectivity index (χ1v) is 13.0. The fourth-order valence-corrected chi connectivity index (χ4v) is 6.27. The molecule has 0 radical (unpaired) electrons. The van der Waals surface area contributed by atoms with Gasteiger partial charge < -0.3 is 15.2 Å². The molecule has 4 heterocycles. The summed E-state index contributed by atoms with van der Waals surface area (Å²) in [6, 6.07) is -0.456. The Morgan fingerprint density at radius 2 is 2.12 bits per heavy atom. The van der Waals surface area contributed by atoms with Crippen LogP contribution in [0.4, 0.5) is 5.82 Å². The van der Waals surface area contributed by atoms with Crippen LogP contribution < -0.4 is 10.8 Å². The SMILES string of the molecule is CC(C)C(=O)OC[C@H](N[P@]1(=O)OC[C@H]2O[C@@H](n3cnc4c(N)ncnc43)[C@](C)(Cl)[C@@H]2O1)C(C)C. The van der Waals surface area contributed by atoms with Gasteiger partial charge in [-0.25, -0.2) is 24.6 Å². The number of fused-ring (bicyclic) bond motifs is 2. The fraction of sp³-hybridized carbons (Fsp3) is 0.700. The number of imidazole rings is 1. The van der Waals surface area contributed by atoms with E-state index in [2.05, 4.69) is 20.0 Å². The molecular weight excluding hydrogens is 487 g/mol. The number of carbonyl (C=O) groups excluding carboxylic acids is 1. The van der Waals surface area contributed by atoms with Gasteiger partial charge in [0.25, 0.3) is 0 Å². The number of alkyl halides is 1. The minimum Gasteiger partial charge on any atom is -0.464 e. The molecule has 4 rings (SSSR count). The largest absolute Gasteiger partial charge is 0.464 e. The van der Waals surface area contributed by atoms with E-state index in [1.54, 1.807) is 25.3 Å². The zero-order valence-corrected chi connectivity index (χ0v) is 21.3. The lowest BCUT2D eigenvalue weighted by Gasteiger charge is -2.37. The highest BCUT2D eigenvalue weighted by Gasteiger charge is 2.60. The lowest BCUT2D eigenvalue weighted by molar-refractivity contribution is -0.148. The van der Waals surface area contributed by atoms with Gasteiger partial charge in [-0.1, -0.05) is 27.7 Å². The van der Waals surface area contributed by atoms with Gasteiger partial charge in [0.05, 0.1) is 24.9 Å². The first-order chi connectivity index (χ1) is 15.9. The van der Waals surface area contributed by atoms with Crippen LogP contribution in [0.5, 0.6) is 0 Å². The van der Waals surface area contributed by atoms with Gasteiger partial charge in [0, 0.05) is 0 Å². The number of halogens is 1. The fourth-order valence-electron chi connectivity index (χ4n) is 3.89. The highest BCUT2D eigenvalue weighted by Crippen LogP contribution is 2.58. The van der Waals surface area contributed by atoms with Crippen molar-refractivity contribution in [1.82, 2.24) is 24.6 Å². The third kappa shape index (κ3) is 4.67. The third-order valence-corrected chi connectivity index (χ3v) is 8.03. The van der Waals surface area contributed by atoms with E-state index in [1.807, 2.05) is 13.8 Å². The Morgan fingerprint density at radius 3 is 2.79 bits per heavy atom. The van der Waals surface area contributed by atoms with Crippen LogP contribution in [0.3, 0.4) is 0 Å². The van der Waals surface area contributed by atoms with Gasteiger partial charge in [-0.15, -0.1) is 11.6 Å². The monoisotopic (exact) mass is 516 g/mol. The lowest BCUT2D eigenvalue weighted by Crippen LogP contribution is -2.47. The number of hydrogen-bond acceptors (Lipinski definition) is 10. The number of hydrogen-bond donors (Lipinski definition) is 2. The van der Waals surface area contributed by atoms with Crippen LogP contribution in [0, 0.1) is 11.8 Å². The summed E-state index contributed by atoms with van der Waals surface area (Å²) < 4.78 is 38.2. The molecule has 0 unspecified atom stereocenters. The van der Waals surface area contributed by atoms with E-state index in [1.165, 1.54) is 12.7 Å². The van der Waals surface area contributed by atoms with Gasteiger partial charge in [-0.05, 0) is 12.8 Å². The maximum absolute atomic E-state index is 13.5. The van der Waals surface area contributed by atoms with E-state index in [-0.39, 0.29) is 36.8 Å². The predicted molar refractivity (Wildman–Crippen MR) is 124 cm³/mol. The number of nitrogens with zero attached hydrogens (tertiary/aromatic N) is 4. The molecule has 2 saturated heterocycles. The second-order valence-electron chi connectivity index (χ2n) is 9.34. The summed E-state index contributed by atoms with van der Waals surface area (Å²) in [7, 11) is -3.79. The molecule has 2 fully saturated rings. The van der Waals surface area contributed by atoms with Crippen molar-refractivity contribution in [3.05, 3.63) is 12.7 Å². The minimum atomic E-state index is -3.79. The summed E-state index contributed by atoms with van der Waals surface area (Å²) in [5.41, 5.74) is 6.78. The first kappa shape index (κ1) is 25.3.